The quantitative estimate of drug-likeness (QED) is 0.401. The van der Waals surface area contributed by atoms with Crippen LogP contribution < -0.4 is 10.1 Å². The molecule has 1 fully saturated rings. The first-order valence-corrected chi connectivity index (χ1v) is 14.2. The molecule has 1 spiro atoms. The topological polar surface area (TPSA) is 129 Å². The molecule has 2 aliphatic rings. The molecule has 0 aromatic heterocycles. The Morgan fingerprint density at radius 3 is 2.39 bits per heavy atom. The van der Waals surface area contributed by atoms with E-state index in [1.807, 2.05) is 0 Å². The molecule has 1 saturated heterocycles. The molecule has 2 aromatic rings. The monoisotopic (exact) mass is 599 g/mol. The molecule has 222 valence electrons. The molecule has 1 atom stereocenters. The molecule has 1 amide bonds. The van der Waals surface area contributed by atoms with Crippen LogP contribution in [0.25, 0.3) is 6.08 Å². The molecular weight excluding hydrogens is 570 g/mol. The van der Waals surface area contributed by atoms with Gasteiger partial charge in [0, 0.05) is 24.1 Å². The summed E-state index contributed by atoms with van der Waals surface area (Å²) in [6, 6.07) is 5.69. The molecule has 0 radical (unpaired) electrons. The summed E-state index contributed by atoms with van der Waals surface area (Å²) in [4.78, 5) is 17.2. The number of aliphatic hydroxyl groups excluding tert-OH is 2. The fourth-order valence-corrected chi connectivity index (χ4v) is 5.93. The molecule has 2 aromatic carbocycles. The van der Waals surface area contributed by atoms with Crippen molar-refractivity contribution in [2.75, 3.05) is 26.3 Å². The van der Waals surface area contributed by atoms with Gasteiger partial charge in [0.1, 0.15) is 35.7 Å². The minimum absolute atomic E-state index is 0.00646. The number of halogens is 4. The maximum absolute atomic E-state index is 13.7. The second kappa shape index (κ2) is 11.5. The van der Waals surface area contributed by atoms with E-state index >= 15 is 0 Å². The zero-order valence-electron chi connectivity index (χ0n) is 22.2. The van der Waals surface area contributed by atoms with Crippen LogP contribution in [0.2, 0.25) is 0 Å². The molecule has 9 nitrogen and oxygen atoms in total. The van der Waals surface area contributed by atoms with Crippen LogP contribution >= 0.6 is 0 Å². The van der Waals surface area contributed by atoms with Crippen molar-refractivity contribution in [1.29, 1.82) is 0 Å². The van der Waals surface area contributed by atoms with E-state index in [1.165, 1.54) is 10.4 Å². The van der Waals surface area contributed by atoms with Gasteiger partial charge in [0.2, 0.25) is 10.0 Å². The number of carbonyl (C=O) groups is 1. The van der Waals surface area contributed by atoms with Crippen molar-refractivity contribution < 1.29 is 45.7 Å². The highest BCUT2D eigenvalue weighted by molar-refractivity contribution is 7.92. The first kappa shape index (κ1) is 30.6. The van der Waals surface area contributed by atoms with E-state index < -0.39 is 51.7 Å². The number of sulfonamides is 1. The number of nitrogens with zero attached hydrogens (tertiary/aromatic N) is 2. The first-order chi connectivity index (χ1) is 19.1. The van der Waals surface area contributed by atoms with Gasteiger partial charge in [0.05, 0.1) is 12.2 Å². The van der Waals surface area contributed by atoms with Gasteiger partial charge in [-0.2, -0.15) is 17.5 Å². The number of aliphatic imine (C=N–C) groups is 1. The molecule has 41 heavy (non-hydrogen) atoms. The molecule has 14 heteroatoms. The van der Waals surface area contributed by atoms with Gasteiger partial charge in [-0.15, -0.1) is 0 Å². The third-order valence-electron chi connectivity index (χ3n) is 7.06. The van der Waals surface area contributed by atoms with Crippen LogP contribution in [0.4, 0.5) is 17.6 Å². The van der Waals surface area contributed by atoms with Crippen LogP contribution in [0.5, 0.6) is 5.75 Å². The summed E-state index contributed by atoms with van der Waals surface area (Å²) in [5, 5.41) is 21.9. The second-order valence-corrected chi connectivity index (χ2v) is 11.8. The van der Waals surface area contributed by atoms with Crippen LogP contribution in [0, 0.1) is 19.7 Å². The van der Waals surface area contributed by atoms with E-state index in [9.17, 15) is 35.9 Å². The van der Waals surface area contributed by atoms with E-state index in [0.717, 1.165) is 22.6 Å². The first-order valence-electron chi connectivity index (χ1n) is 12.6. The highest BCUT2D eigenvalue weighted by Gasteiger charge is 2.47. The number of hydrogen-bond acceptors (Lipinski definition) is 7. The van der Waals surface area contributed by atoms with E-state index in [1.54, 1.807) is 26.0 Å². The highest BCUT2D eigenvalue weighted by Crippen LogP contribution is 2.35. The Labute approximate surface area is 234 Å². The molecule has 4 rings (SSSR count). The Balaban J connectivity index is 1.46. The zero-order valence-corrected chi connectivity index (χ0v) is 23.0. The fraction of sp³-hybridized carbons (Fsp3) is 0.407. The highest BCUT2D eigenvalue weighted by atomic mass is 32.2. The van der Waals surface area contributed by atoms with E-state index in [4.69, 9.17) is 9.84 Å². The normalized spacial score (nSPS) is 18.5. The van der Waals surface area contributed by atoms with Gasteiger partial charge < -0.3 is 20.3 Å². The molecule has 2 aliphatic heterocycles. The number of ether oxygens (including phenoxy) is 1. The Morgan fingerprint density at radius 1 is 1.17 bits per heavy atom. The standard InChI is InChI=1S/C27H29F4N3O6S/c1-16-11-20(40-15-19(36)14-35)12-17(2)21(16)5-10-41(38,39)34-8-6-26(7-9-34)25(37)32-24(33-26)18-3-4-23(28)22(13-18)27(29,30)31/h3-5,10-13,19,35-36H,6-9,14-15H2,1-2H3,(H,32,33,37)/t19-/m1/s1. The molecule has 0 aliphatic carbocycles. The minimum Gasteiger partial charge on any atom is -0.491 e. The average molecular weight is 600 g/mol. The molecular formula is C27H29F4N3O6S. The predicted octanol–water partition coefficient (Wildman–Crippen LogP) is 2.91. The summed E-state index contributed by atoms with van der Waals surface area (Å²) in [6.07, 6.45) is -4.48. The Hall–Kier alpha value is -3.33. The van der Waals surface area contributed by atoms with Crippen molar-refractivity contribution in [1.82, 2.24) is 9.62 Å². The lowest BCUT2D eigenvalue weighted by atomic mass is 9.89. The molecule has 0 unspecified atom stereocenters. The second-order valence-electron chi connectivity index (χ2n) is 10.0. The molecule has 3 N–H and O–H groups in total. The van der Waals surface area contributed by atoms with Gasteiger partial charge in [0.25, 0.3) is 5.91 Å². The number of aryl methyl sites for hydroxylation is 2. The number of aliphatic hydroxyl groups is 2. The van der Waals surface area contributed by atoms with Gasteiger partial charge in [-0.3, -0.25) is 9.79 Å². The van der Waals surface area contributed by atoms with Gasteiger partial charge in [-0.1, -0.05) is 0 Å². The van der Waals surface area contributed by atoms with E-state index in [-0.39, 0.29) is 43.9 Å². The van der Waals surface area contributed by atoms with Crippen molar-refractivity contribution in [3.63, 3.8) is 0 Å². The number of hydrogen-bond donors (Lipinski definition) is 3. The van der Waals surface area contributed by atoms with Gasteiger partial charge in [-0.05, 0) is 79.8 Å². The smallest absolute Gasteiger partial charge is 0.419 e. The Bertz CT molecular complexity index is 1480. The predicted molar refractivity (Wildman–Crippen MR) is 142 cm³/mol. The number of rotatable bonds is 8. The number of amides is 1. The number of carbonyl (C=O) groups excluding carboxylic acids is 1. The number of benzene rings is 2. The van der Waals surface area contributed by atoms with Crippen molar-refractivity contribution >= 4 is 27.8 Å². The fourth-order valence-electron chi connectivity index (χ4n) is 4.76. The minimum atomic E-state index is -4.93. The van der Waals surface area contributed by atoms with Crippen LogP contribution in [-0.4, -0.2) is 72.6 Å². The third kappa shape index (κ3) is 6.61. The summed E-state index contributed by atoms with van der Waals surface area (Å²) in [5.41, 5.74) is -0.825. The summed E-state index contributed by atoms with van der Waals surface area (Å²) >= 11 is 0. The van der Waals surface area contributed by atoms with Crippen molar-refractivity contribution in [3.05, 3.63) is 69.4 Å². The van der Waals surface area contributed by atoms with Crippen LogP contribution in [0.15, 0.2) is 40.7 Å². The maximum Gasteiger partial charge on any atom is 0.419 e. The SMILES string of the molecule is Cc1cc(OC[C@H](O)CO)cc(C)c1C=CS(=O)(=O)N1CCC2(CC1)N=C(c1ccc(F)c(C(F)(F)F)c1)NC2=O. The Morgan fingerprint density at radius 2 is 1.80 bits per heavy atom. The van der Waals surface area contributed by atoms with Crippen LogP contribution in [0.1, 0.15) is 40.7 Å². The number of piperidine rings is 1. The van der Waals surface area contributed by atoms with Gasteiger partial charge >= 0.3 is 6.18 Å². The van der Waals surface area contributed by atoms with E-state index in [0.29, 0.717) is 23.4 Å². The summed E-state index contributed by atoms with van der Waals surface area (Å²) < 4.78 is 85.9. The van der Waals surface area contributed by atoms with Crippen LogP contribution in [-0.2, 0) is 21.0 Å². The number of alkyl halides is 3. The summed E-state index contributed by atoms with van der Waals surface area (Å²) in [7, 11) is -3.89. The van der Waals surface area contributed by atoms with Gasteiger partial charge in [0.15, 0.2) is 0 Å². The molecule has 0 saturated carbocycles. The Kier molecular flexibility index (Phi) is 8.60. The van der Waals surface area contributed by atoms with Crippen molar-refractivity contribution in [2.45, 2.75) is 44.5 Å². The third-order valence-corrected chi connectivity index (χ3v) is 8.63. The molecule has 0 bridgehead atoms. The number of nitrogens with one attached hydrogen (secondary N) is 1. The summed E-state index contributed by atoms with van der Waals surface area (Å²) in [6.45, 7) is 2.90. The van der Waals surface area contributed by atoms with Crippen molar-refractivity contribution in [2.24, 2.45) is 4.99 Å². The lowest BCUT2D eigenvalue weighted by Crippen LogP contribution is -2.50. The van der Waals surface area contributed by atoms with Gasteiger partial charge in [-0.25, -0.2) is 12.8 Å². The lowest BCUT2D eigenvalue weighted by Gasteiger charge is -2.34. The van der Waals surface area contributed by atoms with Crippen molar-refractivity contribution in [3.8, 4) is 5.75 Å². The van der Waals surface area contributed by atoms with E-state index in [2.05, 4.69) is 10.3 Å². The largest absolute Gasteiger partial charge is 0.491 e. The molecule has 2 heterocycles. The summed E-state index contributed by atoms with van der Waals surface area (Å²) in [5.74, 6) is -1.67. The zero-order chi connectivity index (χ0) is 30.2. The lowest BCUT2D eigenvalue weighted by molar-refractivity contribution is -0.140. The van der Waals surface area contributed by atoms with Crippen LogP contribution in [0.3, 0.4) is 0 Å². The average Bonchev–Trinajstić information content (AvgIpc) is 3.21. The maximum atomic E-state index is 13.7. The number of amidine groups is 1.